The third-order valence-corrected chi connectivity index (χ3v) is 3.75. The van der Waals surface area contributed by atoms with E-state index in [9.17, 15) is 18.0 Å². The van der Waals surface area contributed by atoms with E-state index in [-0.39, 0.29) is 29.7 Å². The average Bonchev–Trinajstić information content (AvgIpc) is 2.70. The predicted molar refractivity (Wildman–Crippen MR) is 97.0 cm³/mol. The van der Waals surface area contributed by atoms with Gasteiger partial charge in [-0.3, -0.25) is 4.79 Å². The Balaban J connectivity index is 1.61. The maximum absolute atomic E-state index is 13.7. The van der Waals surface area contributed by atoms with Gasteiger partial charge in [-0.25, -0.2) is 13.2 Å². The lowest BCUT2D eigenvalue weighted by molar-refractivity contribution is -0.115. The van der Waals surface area contributed by atoms with Crippen molar-refractivity contribution in [3.8, 4) is 5.75 Å². The minimum absolute atomic E-state index is 0.0954. The Kier molecular flexibility index (Phi) is 5.73. The number of carbonyl (C=O) groups excluding carboxylic acids is 1. The minimum Gasteiger partial charge on any atom is -0.497 e. The van der Waals surface area contributed by atoms with Crippen molar-refractivity contribution in [1.82, 2.24) is 10.2 Å². The number of nitrogens with one attached hydrogen (secondary N) is 2. The number of anilines is 3. The van der Waals surface area contributed by atoms with Gasteiger partial charge in [-0.05, 0) is 42.0 Å². The van der Waals surface area contributed by atoms with Crippen LogP contribution < -0.4 is 15.4 Å². The number of hydrogen-bond donors (Lipinski definition) is 2. The van der Waals surface area contributed by atoms with E-state index in [2.05, 4.69) is 20.8 Å². The molecule has 0 unspecified atom stereocenters. The van der Waals surface area contributed by atoms with Gasteiger partial charge in [-0.1, -0.05) is 12.1 Å². The smallest absolute Gasteiger partial charge is 0.229 e. The molecular formula is C19H15F3N4O2. The van der Waals surface area contributed by atoms with Crippen molar-refractivity contribution in [3.05, 3.63) is 71.5 Å². The molecule has 6 nitrogen and oxygen atoms in total. The van der Waals surface area contributed by atoms with Crippen LogP contribution in [0.5, 0.6) is 5.75 Å². The Hall–Kier alpha value is -3.62. The number of nitrogens with zero attached hydrogens (tertiary/aromatic N) is 2. The highest BCUT2D eigenvalue weighted by atomic mass is 19.2. The Bertz CT molecular complexity index is 980. The fourth-order valence-corrected chi connectivity index (χ4v) is 2.34. The van der Waals surface area contributed by atoms with Crippen molar-refractivity contribution >= 4 is 23.2 Å². The van der Waals surface area contributed by atoms with Gasteiger partial charge < -0.3 is 15.4 Å². The molecule has 9 heteroatoms. The minimum atomic E-state index is -1.58. The van der Waals surface area contributed by atoms with Crippen LogP contribution in [-0.2, 0) is 11.2 Å². The van der Waals surface area contributed by atoms with E-state index in [4.69, 9.17) is 4.74 Å². The summed E-state index contributed by atoms with van der Waals surface area (Å²) in [6.07, 6.45) is 0.131. The first kappa shape index (κ1) is 19.2. The zero-order valence-electron chi connectivity index (χ0n) is 14.7. The zero-order chi connectivity index (χ0) is 20.1. The molecule has 0 aliphatic heterocycles. The van der Waals surface area contributed by atoms with Gasteiger partial charge in [-0.2, -0.15) is 0 Å². The van der Waals surface area contributed by atoms with Gasteiger partial charge >= 0.3 is 0 Å². The second-order valence-corrected chi connectivity index (χ2v) is 5.72. The molecule has 0 saturated carbocycles. The van der Waals surface area contributed by atoms with Gasteiger partial charge in [-0.15, -0.1) is 10.2 Å². The number of carbonyl (C=O) groups is 1. The second kappa shape index (κ2) is 8.38. The van der Waals surface area contributed by atoms with E-state index in [1.54, 1.807) is 31.4 Å². The van der Waals surface area contributed by atoms with Gasteiger partial charge in [0.05, 0.1) is 19.2 Å². The third-order valence-electron chi connectivity index (χ3n) is 3.75. The van der Waals surface area contributed by atoms with Crippen molar-refractivity contribution < 1.29 is 22.7 Å². The highest BCUT2D eigenvalue weighted by Gasteiger charge is 2.14. The number of rotatable bonds is 6. The molecule has 0 spiro atoms. The largest absolute Gasteiger partial charge is 0.497 e. The first-order valence-electron chi connectivity index (χ1n) is 8.13. The molecule has 3 rings (SSSR count). The molecule has 3 aromatic rings. The summed E-state index contributed by atoms with van der Waals surface area (Å²) >= 11 is 0. The van der Waals surface area contributed by atoms with E-state index < -0.39 is 17.5 Å². The molecule has 0 radical (unpaired) electrons. The molecule has 0 aliphatic carbocycles. The molecular weight excluding hydrogens is 373 g/mol. The molecule has 2 aromatic carbocycles. The maximum atomic E-state index is 13.7. The number of aromatic nitrogens is 2. The van der Waals surface area contributed by atoms with E-state index in [0.717, 1.165) is 17.7 Å². The monoisotopic (exact) mass is 388 g/mol. The van der Waals surface area contributed by atoms with Gasteiger partial charge in [0, 0.05) is 0 Å². The van der Waals surface area contributed by atoms with Crippen molar-refractivity contribution in [2.75, 3.05) is 17.7 Å². The van der Waals surface area contributed by atoms with Crippen LogP contribution in [0.3, 0.4) is 0 Å². The highest BCUT2D eigenvalue weighted by Crippen LogP contribution is 2.22. The van der Waals surface area contributed by atoms with Crippen LogP contribution in [0.4, 0.5) is 30.5 Å². The summed E-state index contributed by atoms with van der Waals surface area (Å²) in [5.74, 6) is -3.56. The number of ether oxygens (including phenoxy) is 1. The number of halogens is 3. The van der Waals surface area contributed by atoms with Crippen LogP contribution in [0, 0.1) is 17.5 Å². The fourth-order valence-electron chi connectivity index (χ4n) is 2.34. The number of benzene rings is 2. The van der Waals surface area contributed by atoms with Gasteiger partial charge in [0.1, 0.15) is 5.75 Å². The first-order chi connectivity index (χ1) is 13.5. The van der Waals surface area contributed by atoms with Gasteiger partial charge in [0.15, 0.2) is 29.1 Å². The molecule has 1 amide bonds. The molecule has 144 valence electrons. The van der Waals surface area contributed by atoms with Crippen LogP contribution in [0.1, 0.15) is 5.56 Å². The number of hydrogen-bond acceptors (Lipinski definition) is 5. The van der Waals surface area contributed by atoms with Crippen LogP contribution in [-0.4, -0.2) is 23.2 Å². The summed E-state index contributed by atoms with van der Waals surface area (Å²) in [5, 5.41) is 12.6. The predicted octanol–water partition coefficient (Wildman–Crippen LogP) is 3.83. The maximum Gasteiger partial charge on any atom is 0.229 e. The summed E-state index contributed by atoms with van der Waals surface area (Å²) in [6, 6.07) is 11.7. The van der Waals surface area contributed by atoms with Crippen molar-refractivity contribution in [3.63, 3.8) is 0 Å². The molecule has 0 bridgehead atoms. The molecule has 2 N–H and O–H groups in total. The lowest BCUT2D eigenvalue weighted by Gasteiger charge is -2.08. The average molecular weight is 388 g/mol. The Morgan fingerprint density at radius 3 is 2.25 bits per heavy atom. The van der Waals surface area contributed by atoms with Crippen molar-refractivity contribution in [2.24, 2.45) is 0 Å². The molecule has 1 aromatic heterocycles. The van der Waals surface area contributed by atoms with Crippen LogP contribution in [0.2, 0.25) is 0 Å². The van der Waals surface area contributed by atoms with Gasteiger partial charge in [0.25, 0.3) is 0 Å². The molecule has 0 aliphatic rings. The highest BCUT2D eigenvalue weighted by molar-refractivity contribution is 5.91. The molecule has 0 fully saturated rings. The topological polar surface area (TPSA) is 76.1 Å². The quantitative estimate of drug-likeness (QED) is 0.628. The number of methoxy groups -OCH3 is 1. The summed E-state index contributed by atoms with van der Waals surface area (Å²) in [6.45, 7) is 0. The summed E-state index contributed by atoms with van der Waals surface area (Å²) in [5.41, 5.74) is 0.503. The van der Waals surface area contributed by atoms with Gasteiger partial charge in [0.2, 0.25) is 5.91 Å². The normalized spacial score (nSPS) is 10.4. The summed E-state index contributed by atoms with van der Waals surface area (Å²) in [4.78, 5) is 12.1. The number of amides is 1. The molecule has 1 heterocycles. The summed E-state index contributed by atoms with van der Waals surface area (Å²) < 4.78 is 44.9. The standard InChI is InChI=1S/C19H15F3N4O2/c1-28-12-4-2-11(3-5-12)10-17(27)24-16-9-8-15(25-26-16)23-14-7-6-13(20)18(21)19(14)22/h2-9H,10H2,1H3,(H,23,25)(H,24,26,27). The van der Waals surface area contributed by atoms with Crippen LogP contribution >= 0.6 is 0 Å². The lowest BCUT2D eigenvalue weighted by atomic mass is 10.1. The van der Waals surface area contributed by atoms with E-state index in [1.807, 2.05) is 0 Å². The molecule has 28 heavy (non-hydrogen) atoms. The Morgan fingerprint density at radius 2 is 1.61 bits per heavy atom. The summed E-state index contributed by atoms with van der Waals surface area (Å²) in [7, 11) is 1.56. The Morgan fingerprint density at radius 1 is 0.929 bits per heavy atom. The molecule has 0 atom stereocenters. The first-order valence-corrected chi connectivity index (χ1v) is 8.13. The van der Waals surface area contributed by atoms with E-state index in [0.29, 0.717) is 5.75 Å². The van der Waals surface area contributed by atoms with E-state index >= 15 is 0 Å². The van der Waals surface area contributed by atoms with E-state index in [1.165, 1.54) is 12.1 Å². The Labute approximate surface area is 158 Å². The lowest BCUT2D eigenvalue weighted by Crippen LogP contribution is -2.15. The van der Waals surface area contributed by atoms with Crippen LogP contribution in [0.25, 0.3) is 0 Å². The SMILES string of the molecule is COc1ccc(CC(=O)Nc2ccc(Nc3ccc(F)c(F)c3F)nn2)cc1. The fraction of sp³-hybridized carbons (Fsp3) is 0.105. The second-order valence-electron chi connectivity index (χ2n) is 5.72. The molecule has 0 saturated heterocycles. The van der Waals surface area contributed by atoms with Crippen LogP contribution in [0.15, 0.2) is 48.5 Å². The third kappa shape index (κ3) is 4.56. The van der Waals surface area contributed by atoms with Crippen molar-refractivity contribution in [2.45, 2.75) is 6.42 Å². The van der Waals surface area contributed by atoms with Crippen molar-refractivity contribution in [1.29, 1.82) is 0 Å². The zero-order valence-corrected chi connectivity index (χ0v) is 14.7.